The molecule has 8 heteroatoms. The number of aromatic nitrogens is 2. The van der Waals surface area contributed by atoms with Crippen molar-refractivity contribution in [1.82, 2.24) is 9.55 Å². The first kappa shape index (κ1) is 13.5. The minimum absolute atomic E-state index is 0.254. The van der Waals surface area contributed by atoms with Crippen molar-refractivity contribution in [2.45, 2.75) is 25.7 Å². The smallest absolute Gasteiger partial charge is 0.330 e. The van der Waals surface area contributed by atoms with Gasteiger partial charge in [-0.3, -0.25) is 14.3 Å². The summed E-state index contributed by atoms with van der Waals surface area (Å²) in [5.41, 5.74) is -0.0636. The Hall–Kier alpha value is -1.93. The molecule has 0 unspecified atom stereocenters. The van der Waals surface area contributed by atoms with Crippen LogP contribution in [0.4, 0.5) is 0 Å². The summed E-state index contributed by atoms with van der Waals surface area (Å²) in [5.74, 6) is 0. The lowest BCUT2D eigenvalue weighted by Gasteiger charge is -2.14. The van der Waals surface area contributed by atoms with E-state index >= 15 is 0 Å². The molecule has 2 rings (SSSR count). The normalized spacial score (nSPS) is 24.9. The number of ether oxygens (including phenoxy) is 1. The highest BCUT2D eigenvalue weighted by atomic mass is 16.6. The van der Waals surface area contributed by atoms with Crippen LogP contribution in [0.25, 0.3) is 0 Å². The Morgan fingerprint density at radius 1 is 1.63 bits per heavy atom. The van der Waals surface area contributed by atoms with Crippen molar-refractivity contribution in [1.29, 1.82) is 0 Å². The number of aryl methyl sites for hydroxylation is 1. The van der Waals surface area contributed by atoms with Crippen LogP contribution in [0.3, 0.4) is 0 Å². The summed E-state index contributed by atoms with van der Waals surface area (Å²) in [6, 6.07) is 0. The molecular weight excluding hydrogens is 254 g/mol. The molecule has 0 saturated carbocycles. The maximum absolute atomic E-state index is 11.7. The zero-order valence-corrected chi connectivity index (χ0v) is 10.6. The van der Waals surface area contributed by atoms with Gasteiger partial charge in [-0.25, -0.2) is 4.79 Å². The van der Waals surface area contributed by atoms with Gasteiger partial charge in [0, 0.05) is 18.2 Å². The number of oxime groups is 1. The van der Waals surface area contributed by atoms with Crippen molar-refractivity contribution in [2.75, 3.05) is 13.7 Å². The van der Waals surface area contributed by atoms with E-state index in [2.05, 4.69) is 15.0 Å². The third-order valence-electron chi connectivity index (χ3n) is 2.91. The standard InChI is InChI=1S/C11H15N3O5/c1-6-4-14(11(17)12-10(6)16)9-3-7(13-18-2)8(5-15)19-9/h4,8-9,15H,3,5H2,1-2H3,(H,12,16,17)/b13-7+/t8-,9-/m1/s1. The first-order valence-electron chi connectivity index (χ1n) is 5.75. The summed E-state index contributed by atoms with van der Waals surface area (Å²) in [5, 5.41) is 13.0. The van der Waals surface area contributed by atoms with E-state index in [0.29, 0.717) is 17.7 Å². The maximum atomic E-state index is 11.7. The molecule has 2 atom stereocenters. The largest absolute Gasteiger partial charge is 0.399 e. The highest BCUT2D eigenvalue weighted by molar-refractivity contribution is 5.90. The van der Waals surface area contributed by atoms with E-state index in [1.807, 2.05) is 0 Å². The Kier molecular flexibility index (Phi) is 3.82. The fourth-order valence-corrected chi connectivity index (χ4v) is 1.95. The van der Waals surface area contributed by atoms with Crippen LogP contribution < -0.4 is 11.2 Å². The number of nitrogens with zero attached hydrogens (tertiary/aromatic N) is 2. The first-order valence-corrected chi connectivity index (χ1v) is 5.75. The molecule has 0 aliphatic carbocycles. The monoisotopic (exact) mass is 269 g/mol. The predicted molar refractivity (Wildman–Crippen MR) is 66.1 cm³/mol. The molecule has 0 radical (unpaired) electrons. The number of nitrogens with one attached hydrogen (secondary N) is 1. The fraction of sp³-hybridized carbons (Fsp3) is 0.545. The van der Waals surface area contributed by atoms with Gasteiger partial charge in [-0.1, -0.05) is 5.16 Å². The van der Waals surface area contributed by atoms with E-state index in [9.17, 15) is 14.7 Å². The van der Waals surface area contributed by atoms with Gasteiger partial charge in [0.05, 0.1) is 12.3 Å². The topological polar surface area (TPSA) is 106 Å². The highest BCUT2D eigenvalue weighted by Crippen LogP contribution is 2.25. The second kappa shape index (κ2) is 5.37. The quantitative estimate of drug-likeness (QED) is 0.694. The lowest BCUT2D eigenvalue weighted by atomic mass is 10.2. The molecule has 0 aromatic carbocycles. The van der Waals surface area contributed by atoms with Crippen LogP contribution in [0.2, 0.25) is 0 Å². The minimum Gasteiger partial charge on any atom is -0.399 e. The lowest BCUT2D eigenvalue weighted by Crippen LogP contribution is -2.33. The molecule has 19 heavy (non-hydrogen) atoms. The summed E-state index contributed by atoms with van der Waals surface area (Å²) in [4.78, 5) is 29.9. The summed E-state index contributed by atoms with van der Waals surface area (Å²) in [7, 11) is 1.39. The van der Waals surface area contributed by atoms with Gasteiger partial charge in [-0.05, 0) is 6.92 Å². The van der Waals surface area contributed by atoms with Crippen LogP contribution in [0.15, 0.2) is 20.9 Å². The fourth-order valence-electron chi connectivity index (χ4n) is 1.95. The van der Waals surface area contributed by atoms with Crippen LogP contribution >= 0.6 is 0 Å². The number of H-pyrrole nitrogens is 1. The molecule has 1 fully saturated rings. The average Bonchev–Trinajstić information content (AvgIpc) is 2.77. The van der Waals surface area contributed by atoms with Crippen molar-refractivity contribution in [3.8, 4) is 0 Å². The Morgan fingerprint density at radius 2 is 2.37 bits per heavy atom. The molecule has 1 aliphatic rings. The molecule has 0 spiro atoms. The third kappa shape index (κ3) is 2.59. The molecule has 1 aromatic rings. The summed E-state index contributed by atoms with van der Waals surface area (Å²) in [6.45, 7) is 1.34. The van der Waals surface area contributed by atoms with Gasteiger partial charge in [0.15, 0.2) is 0 Å². The molecule has 1 saturated heterocycles. The minimum atomic E-state index is -0.617. The number of hydrogen-bond donors (Lipinski definition) is 2. The molecule has 0 amide bonds. The van der Waals surface area contributed by atoms with Crippen molar-refractivity contribution < 1.29 is 14.7 Å². The second-order valence-corrected chi connectivity index (χ2v) is 4.21. The molecule has 0 bridgehead atoms. The molecular formula is C11H15N3O5. The maximum Gasteiger partial charge on any atom is 0.330 e. The third-order valence-corrected chi connectivity index (χ3v) is 2.91. The number of aromatic amines is 1. The Labute approximate surface area is 108 Å². The lowest BCUT2D eigenvalue weighted by molar-refractivity contribution is -0.0154. The second-order valence-electron chi connectivity index (χ2n) is 4.21. The number of hydrogen-bond acceptors (Lipinski definition) is 6. The Bertz CT molecular complexity index is 603. The van der Waals surface area contributed by atoms with Gasteiger partial charge in [0.1, 0.15) is 19.4 Å². The van der Waals surface area contributed by atoms with Crippen LogP contribution in [-0.2, 0) is 9.57 Å². The zero-order chi connectivity index (χ0) is 14.0. The van der Waals surface area contributed by atoms with Gasteiger partial charge in [0.2, 0.25) is 0 Å². The average molecular weight is 269 g/mol. The molecule has 2 heterocycles. The first-order chi connectivity index (χ1) is 9.06. The van der Waals surface area contributed by atoms with E-state index in [1.165, 1.54) is 17.9 Å². The van der Waals surface area contributed by atoms with E-state index < -0.39 is 23.6 Å². The zero-order valence-electron chi connectivity index (χ0n) is 10.6. The van der Waals surface area contributed by atoms with Gasteiger partial charge < -0.3 is 14.7 Å². The van der Waals surface area contributed by atoms with Gasteiger partial charge >= 0.3 is 5.69 Å². The van der Waals surface area contributed by atoms with Gasteiger partial charge in [-0.2, -0.15) is 0 Å². The summed E-state index contributed by atoms with van der Waals surface area (Å²) >= 11 is 0. The van der Waals surface area contributed by atoms with Crippen LogP contribution in [0, 0.1) is 6.92 Å². The van der Waals surface area contributed by atoms with E-state index in [-0.39, 0.29) is 6.61 Å². The van der Waals surface area contributed by atoms with E-state index in [1.54, 1.807) is 6.92 Å². The van der Waals surface area contributed by atoms with Crippen LogP contribution in [0.5, 0.6) is 0 Å². The molecule has 1 aromatic heterocycles. The predicted octanol–water partition coefficient (Wildman–Crippen LogP) is -0.873. The van der Waals surface area contributed by atoms with Gasteiger partial charge in [-0.15, -0.1) is 0 Å². The highest BCUT2D eigenvalue weighted by Gasteiger charge is 2.33. The Morgan fingerprint density at radius 3 is 3.00 bits per heavy atom. The molecule has 2 N–H and O–H groups in total. The summed E-state index contributed by atoms with van der Waals surface area (Å²) < 4.78 is 6.79. The van der Waals surface area contributed by atoms with E-state index in [0.717, 1.165) is 0 Å². The van der Waals surface area contributed by atoms with Crippen molar-refractivity contribution >= 4 is 5.71 Å². The molecule has 1 aliphatic heterocycles. The number of rotatable bonds is 3. The van der Waals surface area contributed by atoms with Crippen molar-refractivity contribution in [3.05, 3.63) is 32.6 Å². The summed E-state index contributed by atoms with van der Waals surface area (Å²) in [6.07, 6.45) is 0.513. The molecule has 8 nitrogen and oxygen atoms in total. The van der Waals surface area contributed by atoms with Crippen molar-refractivity contribution in [2.24, 2.45) is 5.16 Å². The number of aliphatic hydroxyl groups excluding tert-OH is 1. The Balaban J connectivity index is 2.35. The van der Waals surface area contributed by atoms with Gasteiger partial charge in [0.25, 0.3) is 5.56 Å². The van der Waals surface area contributed by atoms with Crippen LogP contribution in [0.1, 0.15) is 18.2 Å². The van der Waals surface area contributed by atoms with Crippen LogP contribution in [-0.4, -0.2) is 40.2 Å². The number of aliphatic hydroxyl groups is 1. The van der Waals surface area contributed by atoms with Crippen molar-refractivity contribution in [3.63, 3.8) is 0 Å². The molecule has 104 valence electrons. The van der Waals surface area contributed by atoms with E-state index in [4.69, 9.17) is 4.74 Å². The SMILES string of the molecule is CO/N=C1\C[C@H](n2cc(C)c(=O)[nH]c2=O)O[C@@H]1CO.